The van der Waals surface area contributed by atoms with Gasteiger partial charge in [-0.3, -0.25) is 14.9 Å². The molecule has 5 aromatic rings. The van der Waals surface area contributed by atoms with Crippen molar-refractivity contribution >= 4 is 44.8 Å². The van der Waals surface area contributed by atoms with E-state index in [0.29, 0.717) is 17.8 Å². The zero-order valence-corrected chi connectivity index (χ0v) is 21.1. The highest BCUT2D eigenvalue weighted by atomic mass is 16.5. The maximum Gasteiger partial charge on any atom is 0.259 e. The van der Waals surface area contributed by atoms with Gasteiger partial charge >= 0.3 is 0 Å². The summed E-state index contributed by atoms with van der Waals surface area (Å²) in [5.41, 5.74) is 5.21. The molecule has 0 aliphatic carbocycles. The second kappa shape index (κ2) is 10.0. The van der Waals surface area contributed by atoms with Gasteiger partial charge in [0.2, 0.25) is 0 Å². The molecule has 0 unspecified atom stereocenters. The first-order chi connectivity index (χ1) is 18.6. The van der Waals surface area contributed by atoms with E-state index >= 15 is 0 Å². The third-order valence-electron chi connectivity index (χ3n) is 6.99. The van der Waals surface area contributed by atoms with E-state index in [-0.39, 0.29) is 11.8 Å². The Bertz CT molecular complexity index is 1690. The van der Waals surface area contributed by atoms with Crippen LogP contribution in [0.1, 0.15) is 23.1 Å². The van der Waals surface area contributed by atoms with Crippen LogP contribution < -0.4 is 15.4 Å². The van der Waals surface area contributed by atoms with E-state index in [0.717, 1.165) is 63.8 Å². The van der Waals surface area contributed by atoms with E-state index in [1.54, 1.807) is 6.20 Å². The fourth-order valence-corrected chi connectivity index (χ4v) is 5.16. The summed E-state index contributed by atoms with van der Waals surface area (Å²) >= 11 is 0. The SMILES string of the molecule is CNCCCn1cc(C2=C(c3c[nH]c4ccccc34)C(=O)NC2=O)c2ccc(OCc3ccccc3)cc21. The number of aryl methyl sites for hydroxylation is 1. The highest BCUT2D eigenvalue weighted by molar-refractivity contribution is 6.50. The van der Waals surface area contributed by atoms with Gasteiger partial charge in [-0.15, -0.1) is 0 Å². The summed E-state index contributed by atoms with van der Waals surface area (Å²) in [7, 11) is 1.93. The molecular weight excluding hydrogens is 476 g/mol. The Hall–Kier alpha value is -4.62. The van der Waals surface area contributed by atoms with E-state index < -0.39 is 0 Å². The molecule has 0 saturated heterocycles. The number of carbonyl (C=O) groups is 2. The molecule has 190 valence electrons. The van der Waals surface area contributed by atoms with E-state index in [1.807, 2.05) is 86.0 Å². The summed E-state index contributed by atoms with van der Waals surface area (Å²) in [6.45, 7) is 2.08. The molecule has 2 amide bonds. The van der Waals surface area contributed by atoms with Gasteiger partial charge < -0.3 is 19.6 Å². The monoisotopic (exact) mass is 504 g/mol. The van der Waals surface area contributed by atoms with Crippen LogP contribution in [0.5, 0.6) is 5.75 Å². The molecular formula is C31H28N4O3. The van der Waals surface area contributed by atoms with Gasteiger partial charge in [0, 0.05) is 52.4 Å². The third kappa shape index (κ3) is 4.27. The zero-order chi connectivity index (χ0) is 26.1. The van der Waals surface area contributed by atoms with Crippen molar-refractivity contribution in [3.8, 4) is 5.75 Å². The number of imide groups is 1. The Morgan fingerprint density at radius 1 is 0.868 bits per heavy atom. The predicted molar refractivity (Wildman–Crippen MR) is 150 cm³/mol. The average molecular weight is 505 g/mol. The maximum absolute atomic E-state index is 13.2. The number of ether oxygens (including phenoxy) is 1. The van der Waals surface area contributed by atoms with Crippen molar-refractivity contribution in [2.24, 2.45) is 0 Å². The minimum Gasteiger partial charge on any atom is -0.489 e. The van der Waals surface area contributed by atoms with Crippen LogP contribution >= 0.6 is 0 Å². The molecule has 0 fully saturated rings. The van der Waals surface area contributed by atoms with Crippen LogP contribution in [-0.4, -0.2) is 35.0 Å². The number of amides is 2. The molecule has 3 N–H and O–H groups in total. The Kier molecular flexibility index (Phi) is 6.27. The van der Waals surface area contributed by atoms with Gasteiger partial charge in [-0.05, 0) is 43.8 Å². The molecule has 0 spiro atoms. The maximum atomic E-state index is 13.2. The fourth-order valence-electron chi connectivity index (χ4n) is 5.16. The standard InChI is InChI=1S/C31H28N4O3/c1-32-14-7-15-35-18-25(23-13-12-21(16-27(23)35)38-19-20-8-3-2-4-9-20)29-28(30(36)34-31(29)37)24-17-33-26-11-6-5-10-22(24)26/h2-6,8-13,16-18,32-33H,7,14-15,19H2,1H3,(H,34,36,37). The van der Waals surface area contributed by atoms with E-state index in [4.69, 9.17) is 4.74 Å². The smallest absolute Gasteiger partial charge is 0.259 e. The molecule has 2 aromatic heterocycles. The lowest BCUT2D eigenvalue weighted by molar-refractivity contribution is -0.122. The van der Waals surface area contributed by atoms with Gasteiger partial charge in [0.05, 0.1) is 16.7 Å². The zero-order valence-electron chi connectivity index (χ0n) is 21.1. The molecule has 0 atom stereocenters. The second-order valence-electron chi connectivity index (χ2n) is 9.43. The first kappa shape index (κ1) is 23.8. The molecule has 7 heteroatoms. The molecule has 3 aromatic carbocycles. The quantitative estimate of drug-likeness (QED) is 0.197. The third-order valence-corrected chi connectivity index (χ3v) is 6.99. The van der Waals surface area contributed by atoms with Crippen molar-refractivity contribution in [3.63, 3.8) is 0 Å². The van der Waals surface area contributed by atoms with Crippen molar-refractivity contribution < 1.29 is 14.3 Å². The minimum atomic E-state index is -0.381. The number of hydrogen-bond donors (Lipinski definition) is 3. The number of aromatic nitrogens is 2. The van der Waals surface area contributed by atoms with E-state index in [1.165, 1.54) is 0 Å². The number of nitrogens with zero attached hydrogens (tertiary/aromatic N) is 1. The van der Waals surface area contributed by atoms with Crippen LogP contribution in [0.25, 0.3) is 33.0 Å². The van der Waals surface area contributed by atoms with Gasteiger partial charge in [-0.1, -0.05) is 48.5 Å². The number of aromatic amines is 1. The molecule has 0 radical (unpaired) electrons. The lowest BCUT2D eigenvalue weighted by Gasteiger charge is -2.09. The normalized spacial score (nSPS) is 13.6. The van der Waals surface area contributed by atoms with Gasteiger partial charge in [-0.2, -0.15) is 0 Å². The Morgan fingerprint density at radius 3 is 2.45 bits per heavy atom. The fraction of sp³-hybridized carbons (Fsp3) is 0.161. The van der Waals surface area contributed by atoms with Crippen LogP contribution in [0.3, 0.4) is 0 Å². The Morgan fingerprint density at radius 2 is 1.63 bits per heavy atom. The largest absolute Gasteiger partial charge is 0.489 e. The average Bonchev–Trinajstić information content (AvgIpc) is 3.60. The van der Waals surface area contributed by atoms with Crippen LogP contribution in [0, 0.1) is 0 Å². The summed E-state index contributed by atoms with van der Waals surface area (Å²) in [4.78, 5) is 29.6. The summed E-state index contributed by atoms with van der Waals surface area (Å²) in [5.74, 6) is -0.0127. The number of rotatable bonds is 9. The Labute approximate surface area is 220 Å². The number of fused-ring (bicyclic) bond motifs is 2. The highest BCUT2D eigenvalue weighted by Gasteiger charge is 2.35. The minimum absolute atomic E-state index is 0.381. The summed E-state index contributed by atoms with van der Waals surface area (Å²) in [5, 5.41) is 7.53. The number of nitrogens with one attached hydrogen (secondary N) is 3. The molecule has 38 heavy (non-hydrogen) atoms. The molecule has 6 rings (SSSR count). The van der Waals surface area contributed by atoms with Crippen LogP contribution in [0.15, 0.2) is 85.2 Å². The number of para-hydroxylation sites is 1. The highest BCUT2D eigenvalue weighted by Crippen LogP contribution is 2.39. The van der Waals surface area contributed by atoms with Crippen molar-refractivity contribution in [2.45, 2.75) is 19.6 Å². The van der Waals surface area contributed by atoms with Crippen molar-refractivity contribution in [1.29, 1.82) is 0 Å². The molecule has 7 nitrogen and oxygen atoms in total. The predicted octanol–water partition coefficient (Wildman–Crippen LogP) is 4.88. The number of benzene rings is 3. The van der Waals surface area contributed by atoms with E-state index in [2.05, 4.69) is 20.2 Å². The molecule has 0 saturated carbocycles. The molecule has 1 aliphatic rings. The lowest BCUT2D eigenvalue weighted by Crippen LogP contribution is -2.22. The van der Waals surface area contributed by atoms with Crippen molar-refractivity contribution in [1.82, 2.24) is 20.2 Å². The van der Waals surface area contributed by atoms with Gasteiger partial charge in [0.1, 0.15) is 12.4 Å². The van der Waals surface area contributed by atoms with Crippen molar-refractivity contribution in [3.05, 3.63) is 102 Å². The van der Waals surface area contributed by atoms with Crippen LogP contribution in [-0.2, 0) is 22.7 Å². The van der Waals surface area contributed by atoms with Gasteiger partial charge in [0.15, 0.2) is 0 Å². The molecule has 3 heterocycles. The topological polar surface area (TPSA) is 88.2 Å². The lowest BCUT2D eigenvalue weighted by atomic mass is 9.95. The van der Waals surface area contributed by atoms with Crippen LogP contribution in [0.4, 0.5) is 0 Å². The summed E-state index contributed by atoms with van der Waals surface area (Å²) < 4.78 is 8.25. The Balaban J connectivity index is 1.47. The first-order valence-electron chi connectivity index (χ1n) is 12.7. The van der Waals surface area contributed by atoms with Crippen molar-refractivity contribution in [2.75, 3.05) is 13.6 Å². The van der Waals surface area contributed by atoms with Gasteiger partial charge in [0.25, 0.3) is 11.8 Å². The van der Waals surface area contributed by atoms with Gasteiger partial charge in [-0.25, -0.2) is 0 Å². The first-order valence-corrected chi connectivity index (χ1v) is 12.7. The summed E-state index contributed by atoms with van der Waals surface area (Å²) in [6, 6.07) is 23.7. The van der Waals surface area contributed by atoms with Crippen LogP contribution in [0.2, 0.25) is 0 Å². The number of hydrogen-bond acceptors (Lipinski definition) is 4. The second-order valence-corrected chi connectivity index (χ2v) is 9.43. The summed E-state index contributed by atoms with van der Waals surface area (Å²) in [6.07, 6.45) is 4.71. The van der Waals surface area contributed by atoms with E-state index in [9.17, 15) is 9.59 Å². The number of H-pyrrole nitrogens is 1. The molecule has 0 bridgehead atoms. The number of carbonyl (C=O) groups excluding carboxylic acids is 2. The molecule has 1 aliphatic heterocycles.